The van der Waals surface area contributed by atoms with E-state index in [-0.39, 0.29) is 98.9 Å². The Kier molecular flexibility index (Phi) is 21.5. The molecule has 0 bridgehead atoms. The molecular weight excluding hydrogens is 1230 g/mol. The van der Waals surface area contributed by atoms with Crippen LogP contribution in [0.2, 0.25) is 0 Å². The Hall–Kier alpha value is -10.5. The zero-order chi connectivity index (χ0) is 67.6. The zero-order valence-electron chi connectivity index (χ0n) is 49.4. The number of alkyl halides is 2. The first-order valence-corrected chi connectivity index (χ1v) is 28.4. The number of carbonyl (C=O) groups is 4. The van der Waals surface area contributed by atoms with Crippen molar-refractivity contribution in [2.45, 2.75) is 69.5 Å². The molecule has 0 saturated heterocycles. The maximum atomic E-state index is 15.1. The smallest absolute Gasteiger partial charge is 0.343 e. The molecule has 8 aromatic carbocycles. The molecule has 93 heavy (non-hydrogen) atoms. The van der Waals surface area contributed by atoms with Crippen LogP contribution in [-0.2, 0) is 15.0 Å². The van der Waals surface area contributed by atoms with E-state index in [0.717, 1.165) is 60.7 Å². The molecule has 24 heteroatoms. The molecule has 2 atom stereocenters. The molecule has 14 nitrogen and oxygen atoms in total. The van der Waals surface area contributed by atoms with E-state index >= 15 is 17.6 Å². The van der Waals surface area contributed by atoms with Gasteiger partial charge in [-0.15, -0.1) is 0 Å². The van der Waals surface area contributed by atoms with E-state index in [4.69, 9.17) is 41.9 Å². The Labute approximate surface area is 525 Å². The van der Waals surface area contributed by atoms with Crippen LogP contribution >= 0.6 is 0 Å². The maximum absolute atomic E-state index is 15.1. The third-order valence-corrected chi connectivity index (χ3v) is 14.8. The third-order valence-electron chi connectivity index (χ3n) is 14.8. The number of aliphatic hydroxyl groups is 2. The lowest BCUT2D eigenvalue weighted by molar-refractivity contribution is -0.201. The van der Waals surface area contributed by atoms with E-state index in [0.29, 0.717) is 5.56 Å². The largest absolute Gasteiger partial charge is 0.487 e. The van der Waals surface area contributed by atoms with Crippen LogP contribution in [0, 0.1) is 46.5 Å². The van der Waals surface area contributed by atoms with Gasteiger partial charge >= 0.3 is 11.9 Å². The van der Waals surface area contributed by atoms with Crippen molar-refractivity contribution in [3.63, 3.8) is 0 Å². The second kappa shape index (κ2) is 29.2. The van der Waals surface area contributed by atoms with Crippen molar-refractivity contribution in [1.29, 1.82) is 0 Å². The number of carbonyl (C=O) groups excluding carboxylic acids is 4. The van der Waals surface area contributed by atoms with Crippen LogP contribution in [0.4, 0.5) is 66.7 Å². The van der Waals surface area contributed by atoms with E-state index in [1.807, 2.05) is 0 Å². The van der Waals surface area contributed by atoms with Crippen LogP contribution in [0.1, 0.15) is 88.9 Å². The predicted molar refractivity (Wildman–Crippen MR) is 328 cm³/mol. The predicted octanol–water partition coefficient (Wildman–Crippen LogP) is 13.9. The lowest BCUT2D eigenvalue weighted by atomic mass is 9.63. The van der Waals surface area contributed by atoms with Gasteiger partial charge in [0.2, 0.25) is 34.8 Å². The minimum atomic E-state index is -3.59. The van der Waals surface area contributed by atoms with Gasteiger partial charge in [0, 0.05) is 29.2 Å². The molecule has 2 unspecified atom stereocenters. The van der Waals surface area contributed by atoms with Crippen LogP contribution < -0.4 is 41.9 Å². The van der Waals surface area contributed by atoms with Gasteiger partial charge in [0.25, 0.3) is 0 Å². The summed E-state index contributed by atoms with van der Waals surface area (Å²) in [7, 11) is 0. The van der Waals surface area contributed by atoms with Gasteiger partial charge in [-0.1, -0.05) is 72.8 Å². The highest BCUT2D eigenvalue weighted by Crippen LogP contribution is 2.50. The van der Waals surface area contributed by atoms with Crippen molar-refractivity contribution in [3.8, 4) is 45.3 Å². The van der Waals surface area contributed by atoms with Gasteiger partial charge in [0.1, 0.15) is 11.5 Å². The Balaban J connectivity index is 0.969. The van der Waals surface area contributed by atoms with Gasteiger partial charge in [-0.2, -0.15) is 17.6 Å². The van der Waals surface area contributed by atoms with Crippen molar-refractivity contribution in [2.75, 3.05) is 36.1 Å². The number of allylic oxidation sites excluding steroid dienone is 1. The van der Waals surface area contributed by atoms with Crippen LogP contribution in [-0.4, -0.2) is 65.1 Å². The Bertz CT molecular complexity index is 4060. The molecule has 0 aromatic heterocycles. The van der Waals surface area contributed by atoms with E-state index in [9.17, 15) is 55.7 Å². The number of halogens is 10. The van der Waals surface area contributed by atoms with Crippen molar-refractivity contribution >= 4 is 58.4 Å². The summed E-state index contributed by atoms with van der Waals surface area (Å²) in [4.78, 5) is 55.1. The summed E-state index contributed by atoms with van der Waals surface area (Å²) < 4.78 is 167. The molecule has 484 valence electrons. The van der Waals surface area contributed by atoms with E-state index in [1.165, 1.54) is 111 Å². The number of nitrogen functional groups attached to an aromatic ring is 4. The minimum absolute atomic E-state index is 0.0140. The number of anilines is 4. The second-order valence-corrected chi connectivity index (χ2v) is 21.5. The van der Waals surface area contributed by atoms with Gasteiger partial charge in [-0.05, 0) is 158 Å². The molecular formula is C69H58F10N4O10. The standard InChI is InChI=1S/C69H58F10N4O10/c1-36(70)5-3-31-90-64-60(76)56(72)54(57(73)61(64)77)40-13-17-42(18-14-40)66(86)92-47-24-8-38(9-25-47)7-23-46(84)35-68(49-28-21-44(80)33-51(49)82,50-29-22-45(81)34-52(50)83)69(88,89)53(85)30-12-39-10-26-48(27-11-39)93-67(87)43-19-15-41(16-20-43)55-58(74)62(78)65(63(79)59(55)75)91-32-4-6-37(2)71/h7-30,33-34,36-37,88-89H,3-6,31-32,35,80-83H2,1-2H3/b23-7+,30-12+. The molecule has 0 fully saturated rings. The summed E-state index contributed by atoms with van der Waals surface area (Å²) in [6.45, 7) is 1.70. The molecule has 0 aliphatic carbocycles. The van der Waals surface area contributed by atoms with Crippen molar-refractivity contribution in [1.82, 2.24) is 0 Å². The first-order chi connectivity index (χ1) is 44.1. The summed E-state index contributed by atoms with van der Waals surface area (Å²) in [5, 5.41) is 24.9. The minimum Gasteiger partial charge on any atom is -0.487 e. The van der Waals surface area contributed by atoms with Gasteiger partial charge in [0.05, 0.1) is 53.2 Å². The fraction of sp³-hybridized carbons (Fsp3) is 0.188. The third kappa shape index (κ3) is 15.3. The Morgan fingerprint density at radius 1 is 0.484 bits per heavy atom. The number of ether oxygens (including phenoxy) is 4. The molecule has 0 aliphatic heterocycles. The quantitative estimate of drug-likeness (QED) is 0.00431. The average Bonchev–Trinajstić information content (AvgIpc) is 0.721. The van der Waals surface area contributed by atoms with Crippen LogP contribution in [0.25, 0.3) is 34.4 Å². The number of hydrogen-bond acceptors (Lipinski definition) is 14. The normalized spacial score (nSPS) is 12.5. The number of hydrogen-bond donors (Lipinski definition) is 6. The summed E-state index contributed by atoms with van der Waals surface area (Å²) >= 11 is 0. The maximum Gasteiger partial charge on any atom is 0.343 e. The average molecular weight is 1290 g/mol. The second-order valence-electron chi connectivity index (χ2n) is 21.5. The Morgan fingerprint density at radius 3 is 1.18 bits per heavy atom. The van der Waals surface area contributed by atoms with Crippen LogP contribution in [0.15, 0.2) is 146 Å². The summed E-state index contributed by atoms with van der Waals surface area (Å²) in [6.07, 6.45) is 0.952. The number of benzene rings is 8. The summed E-state index contributed by atoms with van der Waals surface area (Å²) in [6, 6.07) is 27.1. The fourth-order valence-electron chi connectivity index (χ4n) is 10.0. The Morgan fingerprint density at radius 2 is 0.839 bits per heavy atom. The highest BCUT2D eigenvalue weighted by atomic mass is 19.2. The topological polar surface area (TPSA) is 250 Å². The van der Waals surface area contributed by atoms with Crippen LogP contribution in [0.3, 0.4) is 0 Å². The van der Waals surface area contributed by atoms with Gasteiger partial charge in [-0.25, -0.2) is 35.9 Å². The molecule has 0 amide bonds. The molecule has 0 radical (unpaired) electrons. The summed E-state index contributed by atoms with van der Waals surface area (Å²) in [5.41, 5.74) is 19.5. The van der Waals surface area contributed by atoms with Crippen molar-refractivity contribution in [3.05, 3.63) is 226 Å². The van der Waals surface area contributed by atoms with E-state index in [1.54, 1.807) is 0 Å². The number of nitrogens with two attached hydrogens (primary N) is 4. The first kappa shape index (κ1) is 68.4. The fourth-order valence-corrected chi connectivity index (χ4v) is 10.0. The molecule has 0 saturated carbocycles. The highest BCUT2D eigenvalue weighted by molar-refractivity contribution is 6.03. The molecule has 10 N–H and O–H groups in total. The van der Waals surface area contributed by atoms with Crippen LogP contribution in [0.5, 0.6) is 23.0 Å². The SMILES string of the molecule is CC(F)CCCOc1c(F)c(F)c(-c2ccc(C(=O)Oc3ccc(/C=C/C(=O)CC(c4ccc(N)cc4N)(c4ccc(N)cc4N)C(O)(O)C(=O)/C=C/c4ccc(OC(=O)c5ccc(-c6c(F)c(F)c(OCCCC(C)F)c(F)c6F)cc5)cc4)cc3)cc2)c(F)c1F. The number of rotatable bonds is 26. The summed E-state index contributed by atoms with van der Waals surface area (Å²) in [5.74, 6) is -24.8. The van der Waals surface area contributed by atoms with Gasteiger partial charge < -0.3 is 52.1 Å². The molecule has 0 heterocycles. The lowest BCUT2D eigenvalue weighted by Gasteiger charge is -2.44. The van der Waals surface area contributed by atoms with Crippen molar-refractivity contribution in [2.24, 2.45) is 0 Å². The van der Waals surface area contributed by atoms with Gasteiger partial charge in [0.15, 0.2) is 40.6 Å². The molecule has 8 aromatic rings. The van der Waals surface area contributed by atoms with Crippen molar-refractivity contribution < 1.29 is 92.2 Å². The molecule has 0 spiro atoms. The lowest BCUT2D eigenvalue weighted by Crippen LogP contribution is -2.58. The molecule has 0 aliphatic rings. The van der Waals surface area contributed by atoms with E-state index < -0.39 is 136 Å². The number of esters is 2. The van der Waals surface area contributed by atoms with E-state index in [2.05, 4.69) is 0 Å². The highest BCUT2D eigenvalue weighted by Gasteiger charge is 2.58. The monoisotopic (exact) mass is 1290 g/mol. The zero-order valence-corrected chi connectivity index (χ0v) is 49.4. The molecule has 8 rings (SSSR count). The first-order valence-electron chi connectivity index (χ1n) is 28.4. The number of ketones is 2. The van der Waals surface area contributed by atoms with Gasteiger partial charge in [-0.3, -0.25) is 9.59 Å².